The van der Waals surface area contributed by atoms with Gasteiger partial charge in [0.25, 0.3) is 0 Å². The topological polar surface area (TPSA) is 155 Å². The predicted octanol–water partition coefficient (Wildman–Crippen LogP) is 18.9. The molecule has 0 bridgehead atoms. The second kappa shape index (κ2) is 58.6. The first-order valence-corrected chi connectivity index (χ1v) is 33.0. The molecule has 0 aliphatic heterocycles. The summed E-state index contributed by atoms with van der Waals surface area (Å²) in [7, 11) is -4.75. The minimum absolute atomic E-state index is 0.163. The highest BCUT2D eigenvalue weighted by molar-refractivity contribution is 7.47. The maximum Gasteiger partial charge on any atom is 0.472 e. The largest absolute Gasteiger partial charge is 0.472 e. The van der Waals surface area contributed by atoms with Crippen LogP contribution in [0.4, 0.5) is 0 Å². The van der Waals surface area contributed by atoms with Crippen molar-refractivity contribution < 1.29 is 52.2 Å². The zero-order chi connectivity index (χ0) is 55.5. The fourth-order valence-corrected chi connectivity index (χ4v) is 9.63. The molecule has 0 fully saturated rings. The molecule has 0 radical (unpaired) electrons. The van der Waals surface area contributed by atoms with Gasteiger partial charge in [0.15, 0.2) is 6.10 Å². The molecule has 0 saturated heterocycles. The normalized spacial score (nSPS) is 13.6. The maximum atomic E-state index is 12.9. The van der Waals surface area contributed by atoms with Gasteiger partial charge in [0.1, 0.15) is 12.7 Å². The molecule has 0 aliphatic rings. The number of ether oxygens (including phenoxy) is 3. The van der Waals surface area contributed by atoms with Crippen LogP contribution in [0.25, 0.3) is 0 Å². The van der Waals surface area contributed by atoms with E-state index in [1.54, 1.807) is 0 Å². The molecule has 0 amide bonds. The van der Waals surface area contributed by atoms with E-state index in [-0.39, 0.29) is 25.9 Å². The second-order valence-corrected chi connectivity index (χ2v) is 22.7. The molecular formula is C64H117O11P. The molecule has 2 N–H and O–H groups in total. The number of rotatable bonds is 59. The van der Waals surface area contributed by atoms with Gasteiger partial charge >= 0.3 is 25.7 Å². The third-order valence-corrected chi connectivity index (χ3v) is 14.6. The molecule has 0 saturated carbocycles. The minimum atomic E-state index is -4.75. The summed E-state index contributed by atoms with van der Waals surface area (Å²) in [5.74, 6) is -1.47. The number of carbonyl (C=O) groups excluding carboxylic acids is 3. The Bertz CT molecular complexity index is 1460. The van der Waals surface area contributed by atoms with E-state index in [9.17, 15) is 28.9 Å². The number of hydrogen-bond acceptors (Lipinski definition) is 10. The molecule has 0 aromatic carbocycles. The average molecular weight is 1090 g/mol. The summed E-state index contributed by atoms with van der Waals surface area (Å²) < 4.78 is 39.6. The van der Waals surface area contributed by atoms with E-state index < -0.39 is 57.8 Å². The Hall–Kier alpha value is -2.56. The van der Waals surface area contributed by atoms with Crippen LogP contribution < -0.4 is 0 Å². The zero-order valence-corrected chi connectivity index (χ0v) is 50.1. The lowest BCUT2D eigenvalue weighted by Gasteiger charge is -2.21. The number of unbranched alkanes of at least 4 members (excludes halogenated alkanes) is 34. The molecule has 3 unspecified atom stereocenters. The van der Waals surface area contributed by atoms with Crippen LogP contribution in [0.3, 0.4) is 0 Å². The van der Waals surface area contributed by atoms with Crippen LogP contribution in [-0.4, -0.2) is 66.5 Å². The van der Waals surface area contributed by atoms with Crippen molar-refractivity contribution in [2.24, 2.45) is 0 Å². The minimum Gasteiger partial charge on any atom is -0.462 e. The van der Waals surface area contributed by atoms with E-state index in [0.717, 1.165) is 103 Å². The summed E-state index contributed by atoms with van der Waals surface area (Å²) in [5.41, 5.74) is 0. The van der Waals surface area contributed by atoms with Crippen LogP contribution in [-0.2, 0) is 42.2 Å². The number of aliphatic hydroxyl groups excluding tert-OH is 1. The van der Waals surface area contributed by atoms with Crippen LogP contribution >= 0.6 is 7.82 Å². The van der Waals surface area contributed by atoms with E-state index in [4.69, 9.17) is 23.3 Å². The van der Waals surface area contributed by atoms with E-state index in [1.807, 2.05) is 0 Å². The number of phosphoric ester groups is 1. The number of carbonyl (C=O) groups is 3. The maximum absolute atomic E-state index is 12.9. The summed E-state index contributed by atoms with van der Waals surface area (Å²) >= 11 is 0. The van der Waals surface area contributed by atoms with E-state index >= 15 is 0 Å². The quantitative estimate of drug-likeness (QED) is 0.0197. The lowest BCUT2D eigenvalue weighted by molar-refractivity contribution is -0.161. The highest BCUT2D eigenvalue weighted by Crippen LogP contribution is 2.43. The second-order valence-electron chi connectivity index (χ2n) is 21.2. The summed E-state index contributed by atoms with van der Waals surface area (Å²) in [6.45, 7) is 4.63. The molecular weight excluding hydrogens is 976 g/mol. The smallest absolute Gasteiger partial charge is 0.462 e. The Morgan fingerprint density at radius 1 is 0.368 bits per heavy atom. The third kappa shape index (κ3) is 56.2. The molecule has 444 valence electrons. The van der Waals surface area contributed by atoms with Crippen molar-refractivity contribution in [3.05, 3.63) is 48.6 Å². The molecule has 12 heteroatoms. The van der Waals surface area contributed by atoms with Gasteiger partial charge in [-0.1, -0.05) is 230 Å². The molecule has 3 atom stereocenters. The Balaban J connectivity index is 4.71. The summed E-state index contributed by atoms with van der Waals surface area (Å²) in [4.78, 5) is 48.7. The highest BCUT2D eigenvalue weighted by Gasteiger charge is 2.28. The van der Waals surface area contributed by atoms with E-state index in [0.29, 0.717) is 19.3 Å². The third-order valence-electron chi connectivity index (χ3n) is 13.7. The Morgan fingerprint density at radius 2 is 0.645 bits per heavy atom. The first kappa shape index (κ1) is 73.4. The van der Waals surface area contributed by atoms with Crippen molar-refractivity contribution in [3.63, 3.8) is 0 Å². The molecule has 76 heavy (non-hydrogen) atoms. The molecule has 0 aromatic rings. The number of phosphoric acid groups is 1. The van der Waals surface area contributed by atoms with Gasteiger partial charge in [-0.05, 0) is 103 Å². The fourth-order valence-electron chi connectivity index (χ4n) is 8.85. The zero-order valence-electron chi connectivity index (χ0n) is 49.2. The Morgan fingerprint density at radius 3 is 1.01 bits per heavy atom. The SMILES string of the molecule is CCCCC/C=C\C/C=C\CCCCCCCC(=O)OCC(COP(=O)(O)OCC(CO)OC(=O)CCCCCCC/C=C\CCCCCCCC)OC(=O)CCCCCCCCCCC/C=C\CCCCCCCC. The van der Waals surface area contributed by atoms with Crippen molar-refractivity contribution >= 4 is 25.7 Å². The van der Waals surface area contributed by atoms with Gasteiger partial charge in [0, 0.05) is 19.3 Å². The number of aliphatic hydroxyl groups is 1. The van der Waals surface area contributed by atoms with Gasteiger partial charge in [-0.2, -0.15) is 0 Å². The van der Waals surface area contributed by atoms with Gasteiger partial charge in [-0.25, -0.2) is 4.57 Å². The van der Waals surface area contributed by atoms with Gasteiger partial charge in [-0.3, -0.25) is 23.4 Å². The lowest BCUT2D eigenvalue weighted by atomic mass is 10.1. The molecule has 0 aromatic heterocycles. The molecule has 11 nitrogen and oxygen atoms in total. The summed E-state index contributed by atoms with van der Waals surface area (Å²) in [6, 6.07) is 0. The van der Waals surface area contributed by atoms with Crippen molar-refractivity contribution in [3.8, 4) is 0 Å². The number of hydrogen-bond donors (Lipinski definition) is 2. The lowest BCUT2D eigenvalue weighted by Crippen LogP contribution is -2.30. The highest BCUT2D eigenvalue weighted by atomic mass is 31.2. The first-order chi connectivity index (χ1) is 37.2. The Labute approximate surface area is 466 Å². The standard InChI is InChI=1S/C64H117O11P/c1-4-7-10-13-16-19-22-25-28-29-30-31-34-37-40-43-46-49-52-55-64(68)75-61(57-71-62(66)53-50-47-44-41-38-35-32-26-23-20-17-14-11-8-5-2)59-73-76(69,70)72-58-60(56-65)74-63(67)54-51-48-45-42-39-36-33-27-24-21-18-15-12-9-6-3/h17,20,25-28,32-33,60-61,65H,4-16,18-19,21-24,29-31,34-59H2,1-3H3,(H,69,70)/b20-17-,28-25-,32-26-,33-27-. The molecule has 0 heterocycles. The van der Waals surface area contributed by atoms with Crippen molar-refractivity contribution in [1.82, 2.24) is 0 Å². The Kier molecular flexibility index (Phi) is 56.6. The van der Waals surface area contributed by atoms with Crippen molar-refractivity contribution in [1.29, 1.82) is 0 Å². The number of allylic oxidation sites excluding steroid dienone is 8. The number of esters is 3. The van der Waals surface area contributed by atoms with E-state index in [1.165, 1.54) is 141 Å². The van der Waals surface area contributed by atoms with Gasteiger partial charge < -0.3 is 24.2 Å². The first-order valence-electron chi connectivity index (χ1n) is 31.5. The van der Waals surface area contributed by atoms with E-state index in [2.05, 4.69) is 69.4 Å². The summed E-state index contributed by atoms with van der Waals surface area (Å²) in [5, 5.41) is 9.84. The predicted molar refractivity (Wildman–Crippen MR) is 316 cm³/mol. The van der Waals surface area contributed by atoms with Crippen LogP contribution in [0.15, 0.2) is 48.6 Å². The van der Waals surface area contributed by atoms with Gasteiger partial charge in [-0.15, -0.1) is 0 Å². The van der Waals surface area contributed by atoms with Gasteiger partial charge in [0.2, 0.25) is 0 Å². The van der Waals surface area contributed by atoms with Crippen molar-refractivity contribution in [2.75, 3.05) is 26.4 Å². The van der Waals surface area contributed by atoms with Crippen molar-refractivity contribution in [2.45, 2.75) is 315 Å². The monoisotopic (exact) mass is 1090 g/mol. The van der Waals surface area contributed by atoms with Gasteiger partial charge in [0.05, 0.1) is 19.8 Å². The average Bonchev–Trinajstić information content (AvgIpc) is 3.41. The van der Waals surface area contributed by atoms with Crippen LogP contribution in [0.2, 0.25) is 0 Å². The van der Waals surface area contributed by atoms with Crippen LogP contribution in [0.1, 0.15) is 303 Å². The summed E-state index contributed by atoms with van der Waals surface area (Å²) in [6.07, 6.45) is 63.4. The van der Waals surface area contributed by atoms with Crippen LogP contribution in [0.5, 0.6) is 0 Å². The fraction of sp³-hybridized carbons (Fsp3) is 0.828. The molecule has 0 aliphatic carbocycles. The molecule has 0 spiro atoms. The molecule has 0 rings (SSSR count). The van der Waals surface area contributed by atoms with Crippen LogP contribution in [0, 0.1) is 0 Å².